The van der Waals surface area contributed by atoms with Gasteiger partial charge in [0.2, 0.25) is 0 Å². The molecule has 4 rings (SSSR count). The first-order valence-corrected chi connectivity index (χ1v) is 12.1. The minimum atomic E-state index is 0.335. The number of anilines is 2. The summed E-state index contributed by atoms with van der Waals surface area (Å²) in [5.41, 5.74) is 2.75. The molecule has 0 fully saturated rings. The Bertz CT molecular complexity index is 1240. The Kier molecular flexibility index (Phi) is 7.20. The van der Waals surface area contributed by atoms with Crippen LogP contribution in [-0.2, 0) is 12.8 Å². The maximum absolute atomic E-state index is 9.40. The molecule has 154 valence electrons. The zero-order chi connectivity index (χ0) is 21.6. The topological polar surface area (TPSA) is 74.5 Å². The summed E-state index contributed by atoms with van der Waals surface area (Å²) in [6.45, 7) is 0. The third-order valence-corrected chi connectivity index (χ3v) is 7.39. The van der Waals surface area contributed by atoms with Crippen molar-refractivity contribution in [2.45, 2.75) is 22.6 Å². The molecule has 0 unspecified atom stereocenters. The number of pyridine rings is 2. The summed E-state index contributed by atoms with van der Waals surface area (Å²) in [5.74, 6) is 0.670. The number of aromatic nitrogens is 3. The van der Waals surface area contributed by atoms with Crippen molar-refractivity contribution in [2.24, 2.45) is 0 Å². The van der Waals surface area contributed by atoms with E-state index in [1.54, 1.807) is 23.7 Å². The first-order valence-electron chi connectivity index (χ1n) is 9.24. The molecule has 1 N–H and O–H groups in total. The van der Waals surface area contributed by atoms with Gasteiger partial charge in [0, 0.05) is 38.2 Å². The molecule has 31 heavy (non-hydrogen) atoms. The number of thiazole rings is 1. The van der Waals surface area contributed by atoms with Crippen molar-refractivity contribution < 1.29 is 0 Å². The van der Waals surface area contributed by atoms with Crippen molar-refractivity contribution in [2.75, 3.05) is 5.32 Å². The van der Waals surface area contributed by atoms with Crippen LogP contribution in [0.25, 0.3) is 0 Å². The van der Waals surface area contributed by atoms with Gasteiger partial charge in [0.25, 0.3) is 0 Å². The molecule has 9 heteroatoms. The summed E-state index contributed by atoms with van der Waals surface area (Å²) in [6.07, 6.45) is 6.66. The smallest absolute Gasteiger partial charge is 0.188 e. The highest BCUT2D eigenvalue weighted by molar-refractivity contribution is 9.10. The first-order chi connectivity index (χ1) is 15.1. The summed E-state index contributed by atoms with van der Waals surface area (Å²) in [7, 11) is 0. The van der Waals surface area contributed by atoms with E-state index in [4.69, 9.17) is 11.6 Å². The number of benzene rings is 1. The molecular weight excluding hydrogens is 514 g/mol. The van der Waals surface area contributed by atoms with Crippen LogP contribution in [0.5, 0.6) is 0 Å². The lowest BCUT2D eigenvalue weighted by Crippen LogP contribution is -1.96. The van der Waals surface area contributed by atoms with Gasteiger partial charge in [-0.3, -0.25) is 4.98 Å². The molecule has 0 aliphatic carbocycles. The average molecular weight is 529 g/mol. The maximum atomic E-state index is 9.40. The van der Waals surface area contributed by atoms with Gasteiger partial charge < -0.3 is 5.32 Å². The molecule has 0 atom stereocenters. The van der Waals surface area contributed by atoms with Gasteiger partial charge in [-0.2, -0.15) is 5.26 Å². The van der Waals surface area contributed by atoms with E-state index in [9.17, 15) is 5.26 Å². The fraction of sp³-hybridized carbons (Fsp3) is 0.0909. The van der Waals surface area contributed by atoms with Crippen LogP contribution >= 0.6 is 50.6 Å². The van der Waals surface area contributed by atoms with E-state index in [-0.39, 0.29) is 0 Å². The van der Waals surface area contributed by atoms with Crippen LogP contribution in [0.1, 0.15) is 16.8 Å². The van der Waals surface area contributed by atoms with E-state index in [1.165, 1.54) is 23.5 Å². The number of aryl methyl sites for hydroxylation is 2. The Balaban J connectivity index is 1.46. The van der Waals surface area contributed by atoms with Crippen LogP contribution in [0.15, 0.2) is 74.6 Å². The molecule has 0 spiro atoms. The van der Waals surface area contributed by atoms with Crippen molar-refractivity contribution in [3.8, 4) is 6.07 Å². The minimum absolute atomic E-state index is 0.335. The van der Waals surface area contributed by atoms with Gasteiger partial charge in [0.05, 0.1) is 16.3 Å². The summed E-state index contributed by atoms with van der Waals surface area (Å²) in [5, 5.41) is 15.9. The fourth-order valence-electron chi connectivity index (χ4n) is 2.79. The third-order valence-electron chi connectivity index (χ3n) is 4.32. The molecule has 3 heterocycles. The lowest BCUT2D eigenvalue weighted by Gasteiger charge is -2.09. The number of hydrogen-bond acceptors (Lipinski definition) is 7. The van der Waals surface area contributed by atoms with Crippen molar-refractivity contribution in [1.29, 1.82) is 5.26 Å². The first kappa shape index (κ1) is 21.8. The minimum Gasteiger partial charge on any atom is -0.316 e. The number of halogens is 2. The predicted molar refractivity (Wildman–Crippen MR) is 129 cm³/mol. The maximum Gasteiger partial charge on any atom is 0.188 e. The Hall–Kier alpha value is -2.44. The monoisotopic (exact) mass is 527 g/mol. The number of nitrogens with zero attached hydrogens (tertiary/aromatic N) is 4. The van der Waals surface area contributed by atoms with Gasteiger partial charge >= 0.3 is 0 Å². The fourth-order valence-corrected chi connectivity index (χ4v) is 5.19. The summed E-state index contributed by atoms with van der Waals surface area (Å²) in [6, 6.07) is 14.4. The van der Waals surface area contributed by atoms with Gasteiger partial charge in [0.15, 0.2) is 5.13 Å². The average Bonchev–Trinajstić information content (AvgIpc) is 3.23. The number of nitrogens with one attached hydrogen (secondary N) is 1. The summed E-state index contributed by atoms with van der Waals surface area (Å²) >= 11 is 12.6. The normalized spacial score (nSPS) is 10.6. The highest BCUT2D eigenvalue weighted by Gasteiger charge is 2.13. The Labute approximate surface area is 201 Å². The molecule has 5 nitrogen and oxygen atoms in total. The van der Waals surface area contributed by atoms with Crippen molar-refractivity contribution in [1.82, 2.24) is 15.0 Å². The molecule has 0 amide bonds. The Morgan fingerprint density at radius 2 is 1.97 bits per heavy atom. The van der Waals surface area contributed by atoms with Crippen molar-refractivity contribution in [3.63, 3.8) is 0 Å². The molecule has 0 radical (unpaired) electrons. The van der Waals surface area contributed by atoms with Crippen molar-refractivity contribution >= 4 is 61.6 Å². The van der Waals surface area contributed by atoms with E-state index in [1.807, 2.05) is 12.1 Å². The van der Waals surface area contributed by atoms with Crippen LogP contribution in [0.4, 0.5) is 10.9 Å². The molecule has 0 aliphatic rings. The second-order valence-electron chi connectivity index (χ2n) is 6.46. The van der Waals surface area contributed by atoms with Gasteiger partial charge in [-0.05, 0) is 40.4 Å². The van der Waals surface area contributed by atoms with Crippen LogP contribution in [0, 0.1) is 11.3 Å². The SMILES string of the molecule is N#Cc1c(Cl)cncc1Sc1cc(Nc2nc(CCc3ccccc3)cs2)ncc1Br. The van der Waals surface area contributed by atoms with Gasteiger partial charge in [-0.15, -0.1) is 11.3 Å². The molecular formula is C22H15BrClN5S2. The molecule has 4 aromatic rings. The van der Waals surface area contributed by atoms with Gasteiger partial charge in [-0.25, -0.2) is 9.97 Å². The zero-order valence-electron chi connectivity index (χ0n) is 16.0. The third kappa shape index (κ3) is 5.63. The van der Waals surface area contributed by atoms with Crippen LogP contribution < -0.4 is 5.32 Å². The van der Waals surface area contributed by atoms with Gasteiger partial charge in [-0.1, -0.05) is 53.7 Å². The van der Waals surface area contributed by atoms with E-state index < -0.39 is 0 Å². The lowest BCUT2D eigenvalue weighted by molar-refractivity contribution is 0.927. The predicted octanol–water partition coefficient (Wildman–Crippen LogP) is 6.90. The van der Waals surface area contributed by atoms with E-state index in [0.717, 1.165) is 33.0 Å². The second kappa shape index (κ2) is 10.2. The van der Waals surface area contributed by atoms with Crippen molar-refractivity contribution in [3.05, 3.63) is 86.7 Å². The van der Waals surface area contributed by atoms with E-state index >= 15 is 0 Å². The van der Waals surface area contributed by atoms with Crippen LogP contribution in [0.3, 0.4) is 0 Å². The standard InChI is InChI=1S/C22H15BrClN5S2/c23-17-10-27-21(8-19(17)31-20-12-26-11-18(24)16(20)9-25)29-22-28-15(13-30-22)7-6-14-4-2-1-3-5-14/h1-5,8,10-13H,6-7H2,(H,27,28,29). The highest BCUT2D eigenvalue weighted by Crippen LogP contribution is 2.37. The Morgan fingerprint density at radius 1 is 1.13 bits per heavy atom. The second-order valence-corrected chi connectivity index (χ2v) is 9.67. The number of rotatable bonds is 7. The van der Waals surface area contributed by atoms with Gasteiger partial charge in [0.1, 0.15) is 11.9 Å². The molecule has 0 saturated carbocycles. The number of hydrogen-bond donors (Lipinski definition) is 1. The highest BCUT2D eigenvalue weighted by atomic mass is 79.9. The molecule has 1 aromatic carbocycles. The van der Waals surface area contributed by atoms with E-state index in [2.05, 4.69) is 71.9 Å². The van der Waals surface area contributed by atoms with E-state index in [0.29, 0.717) is 21.3 Å². The quantitative estimate of drug-likeness (QED) is 0.281. The molecule has 0 saturated heterocycles. The summed E-state index contributed by atoms with van der Waals surface area (Å²) in [4.78, 5) is 14.8. The molecule has 3 aromatic heterocycles. The number of nitriles is 1. The summed E-state index contributed by atoms with van der Waals surface area (Å²) < 4.78 is 0.814. The van der Waals surface area contributed by atoms with Crippen LogP contribution in [-0.4, -0.2) is 15.0 Å². The van der Waals surface area contributed by atoms with Crippen LogP contribution in [0.2, 0.25) is 5.02 Å². The largest absolute Gasteiger partial charge is 0.316 e. The Morgan fingerprint density at radius 3 is 2.77 bits per heavy atom. The zero-order valence-corrected chi connectivity index (χ0v) is 20.0. The molecule has 0 aliphatic heterocycles. The molecule has 0 bridgehead atoms. The lowest BCUT2D eigenvalue weighted by atomic mass is 10.1.